The van der Waals surface area contributed by atoms with Gasteiger partial charge in [0.05, 0.1) is 22.9 Å². The molecule has 0 unspecified atom stereocenters. The van der Waals surface area contributed by atoms with Gasteiger partial charge in [0, 0.05) is 12.1 Å². The van der Waals surface area contributed by atoms with Gasteiger partial charge in [-0.25, -0.2) is 8.42 Å². The second-order valence-corrected chi connectivity index (χ2v) is 9.18. The van der Waals surface area contributed by atoms with Crippen LogP contribution in [0.1, 0.15) is 43.0 Å². The van der Waals surface area contributed by atoms with E-state index < -0.39 is 26.9 Å². The number of sulfonamides is 1. The number of non-ortho nitro benzene ring substituents is 1. The summed E-state index contributed by atoms with van der Waals surface area (Å²) in [7, 11) is -3.87. The zero-order chi connectivity index (χ0) is 22.6. The van der Waals surface area contributed by atoms with Gasteiger partial charge in [-0.3, -0.25) is 19.2 Å². The number of nitrogens with one attached hydrogen (secondary N) is 1. The molecule has 30 heavy (non-hydrogen) atoms. The van der Waals surface area contributed by atoms with Gasteiger partial charge in [0.25, 0.3) is 5.69 Å². The van der Waals surface area contributed by atoms with Gasteiger partial charge in [-0.1, -0.05) is 31.2 Å². The molecule has 0 bridgehead atoms. The minimum absolute atomic E-state index is 0.0635. The molecule has 162 valence electrons. The van der Waals surface area contributed by atoms with E-state index in [0.29, 0.717) is 6.42 Å². The Morgan fingerprint density at radius 2 is 1.83 bits per heavy atom. The van der Waals surface area contributed by atoms with E-state index in [0.717, 1.165) is 33.3 Å². The molecule has 0 aliphatic carbocycles. The smallest absolute Gasteiger partial charge is 0.271 e. The number of anilines is 1. The fourth-order valence-corrected chi connectivity index (χ4v) is 4.41. The molecule has 1 amide bonds. The molecule has 0 heterocycles. The van der Waals surface area contributed by atoms with Crippen LogP contribution in [-0.2, 0) is 14.8 Å². The molecular formula is C21H27N3O5S. The van der Waals surface area contributed by atoms with Gasteiger partial charge in [0.1, 0.15) is 6.04 Å². The second-order valence-electron chi connectivity index (χ2n) is 7.32. The molecule has 0 aliphatic rings. The van der Waals surface area contributed by atoms with E-state index in [1.165, 1.54) is 25.1 Å². The van der Waals surface area contributed by atoms with Crippen LogP contribution < -0.4 is 9.62 Å². The highest BCUT2D eigenvalue weighted by molar-refractivity contribution is 7.92. The number of benzene rings is 2. The van der Waals surface area contributed by atoms with Crippen molar-refractivity contribution in [3.63, 3.8) is 0 Å². The Bertz CT molecular complexity index is 1050. The lowest BCUT2D eigenvalue weighted by Gasteiger charge is -2.29. The summed E-state index contributed by atoms with van der Waals surface area (Å²) in [6.45, 7) is 7.38. The molecule has 2 rings (SSSR count). The van der Waals surface area contributed by atoms with Gasteiger partial charge in [-0.15, -0.1) is 0 Å². The SMILES string of the molecule is CC[C@H](NC(=O)[C@H](C)N(c1cccc([N+](=O)[O-])c1)S(C)(=O)=O)c1ccc(C)c(C)c1. The topological polar surface area (TPSA) is 110 Å². The van der Waals surface area contributed by atoms with Gasteiger partial charge in [-0.2, -0.15) is 0 Å². The minimum atomic E-state index is -3.87. The second kappa shape index (κ2) is 9.25. The van der Waals surface area contributed by atoms with Crippen molar-refractivity contribution in [2.45, 2.75) is 46.2 Å². The van der Waals surface area contributed by atoms with E-state index in [9.17, 15) is 23.3 Å². The summed E-state index contributed by atoms with van der Waals surface area (Å²) in [5.41, 5.74) is 2.98. The Labute approximate surface area is 177 Å². The summed E-state index contributed by atoms with van der Waals surface area (Å²) >= 11 is 0. The van der Waals surface area contributed by atoms with Gasteiger partial charge >= 0.3 is 0 Å². The number of amides is 1. The minimum Gasteiger partial charge on any atom is -0.347 e. The van der Waals surface area contributed by atoms with Crippen LogP contribution in [0.15, 0.2) is 42.5 Å². The van der Waals surface area contributed by atoms with E-state index in [1.54, 1.807) is 0 Å². The summed E-state index contributed by atoms with van der Waals surface area (Å²) in [4.78, 5) is 23.4. The van der Waals surface area contributed by atoms with Gasteiger partial charge in [0.15, 0.2) is 0 Å². The first-order valence-corrected chi connectivity index (χ1v) is 11.4. The van der Waals surface area contributed by atoms with Crippen LogP contribution in [0, 0.1) is 24.0 Å². The van der Waals surface area contributed by atoms with Crippen molar-refractivity contribution in [1.29, 1.82) is 0 Å². The van der Waals surface area contributed by atoms with Crippen LogP contribution in [0.4, 0.5) is 11.4 Å². The fourth-order valence-electron chi connectivity index (χ4n) is 3.25. The maximum absolute atomic E-state index is 13.0. The molecule has 0 spiro atoms. The summed E-state index contributed by atoms with van der Waals surface area (Å²) in [6, 6.07) is 9.77. The molecule has 0 aromatic heterocycles. The lowest BCUT2D eigenvalue weighted by Crippen LogP contribution is -2.48. The molecule has 2 atom stereocenters. The summed E-state index contributed by atoms with van der Waals surface area (Å²) in [5, 5.41) is 14.0. The zero-order valence-electron chi connectivity index (χ0n) is 17.7. The summed E-state index contributed by atoms with van der Waals surface area (Å²) in [5.74, 6) is -0.489. The maximum atomic E-state index is 13.0. The van der Waals surface area contributed by atoms with E-state index in [4.69, 9.17) is 0 Å². The van der Waals surface area contributed by atoms with Gasteiger partial charge in [0.2, 0.25) is 15.9 Å². The lowest BCUT2D eigenvalue weighted by molar-refractivity contribution is -0.384. The number of nitro groups is 1. The Balaban J connectivity index is 2.34. The molecule has 0 saturated heterocycles. The number of carbonyl (C=O) groups excluding carboxylic acids is 1. The number of nitro benzene ring substituents is 1. The quantitative estimate of drug-likeness (QED) is 0.505. The normalized spacial score (nSPS) is 13.4. The molecule has 0 aliphatic heterocycles. The van der Waals surface area contributed by atoms with E-state index >= 15 is 0 Å². The highest BCUT2D eigenvalue weighted by atomic mass is 32.2. The van der Waals surface area contributed by atoms with Crippen molar-refractivity contribution >= 4 is 27.3 Å². The maximum Gasteiger partial charge on any atom is 0.271 e. The van der Waals surface area contributed by atoms with Crippen molar-refractivity contribution in [3.05, 3.63) is 69.3 Å². The van der Waals surface area contributed by atoms with Crippen molar-refractivity contribution in [3.8, 4) is 0 Å². The average molecular weight is 434 g/mol. The Kier molecular flexibility index (Phi) is 7.20. The standard InChI is InChI=1S/C21H27N3O5S/c1-6-20(17-11-10-14(2)15(3)12-17)22-21(25)16(4)23(30(5,28)29)18-8-7-9-19(13-18)24(26)27/h7-13,16,20H,6H2,1-5H3,(H,22,25)/t16-,20-/m0/s1. The van der Waals surface area contributed by atoms with Gasteiger partial charge in [-0.05, 0) is 49.9 Å². The summed E-state index contributed by atoms with van der Waals surface area (Å²) in [6.07, 6.45) is 1.59. The monoisotopic (exact) mass is 433 g/mol. The van der Waals surface area contributed by atoms with Crippen LogP contribution in [-0.4, -0.2) is 31.5 Å². The zero-order valence-corrected chi connectivity index (χ0v) is 18.6. The molecule has 2 aromatic rings. The molecule has 0 radical (unpaired) electrons. The van der Waals surface area contributed by atoms with Crippen LogP contribution in [0.2, 0.25) is 0 Å². The summed E-state index contributed by atoms with van der Waals surface area (Å²) < 4.78 is 25.8. The molecule has 2 aromatic carbocycles. The third-order valence-electron chi connectivity index (χ3n) is 5.04. The number of hydrogen-bond donors (Lipinski definition) is 1. The van der Waals surface area contributed by atoms with E-state index in [1.807, 2.05) is 39.0 Å². The van der Waals surface area contributed by atoms with Crippen molar-refractivity contribution in [2.24, 2.45) is 0 Å². The molecule has 9 heteroatoms. The molecule has 0 saturated carbocycles. The van der Waals surface area contributed by atoms with Crippen LogP contribution in [0.25, 0.3) is 0 Å². The highest BCUT2D eigenvalue weighted by Crippen LogP contribution is 2.26. The molecular weight excluding hydrogens is 406 g/mol. The predicted molar refractivity (Wildman–Crippen MR) is 117 cm³/mol. The first-order valence-electron chi connectivity index (χ1n) is 9.57. The first kappa shape index (κ1) is 23.3. The number of carbonyl (C=O) groups is 1. The van der Waals surface area contributed by atoms with Crippen molar-refractivity contribution in [1.82, 2.24) is 5.32 Å². The molecule has 1 N–H and O–H groups in total. The average Bonchev–Trinajstić information content (AvgIpc) is 2.67. The number of hydrogen-bond acceptors (Lipinski definition) is 5. The molecule has 8 nitrogen and oxygen atoms in total. The lowest BCUT2D eigenvalue weighted by atomic mass is 9.99. The van der Waals surface area contributed by atoms with Crippen molar-refractivity contribution < 1.29 is 18.1 Å². The Hall–Kier alpha value is -2.94. The van der Waals surface area contributed by atoms with E-state index in [-0.39, 0.29) is 17.4 Å². The van der Waals surface area contributed by atoms with Crippen LogP contribution >= 0.6 is 0 Å². The highest BCUT2D eigenvalue weighted by Gasteiger charge is 2.31. The van der Waals surface area contributed by atoms with Crippen LogP contribution in [0.5, 0.6) is 0 Å². The van der Waals surface area contributed by atoms with Gasteiger partial charge < -0.3 is 5.32 Å². The third kappa shape index (κ3) is 5.35. The van der Waals surface area contributed by atoms with E-state index in [2.05, 4.69) is 5.32 Å². The third-order valence-corrected chi connectivity index (χ3v) is 6.28. The first-order chi connectivity index (χ1) is 14.0. The molecule has 0 fully saturated rings. The fraction of sp³-hybridized carbons (Fsp3) is 0.381. The number of rotatable bonds is 8. The largest absolute Gasteiger partial charge is 0.347 e. The Morgan fingerprint density at radius 3 is 2.37 bits per heavy atom. The number of nitrogens with zero attached hydrogens (tertiary/aromatic N) is 2. The van der Waals surface area contributed by atoms with Crippen molar-refractivity contribution in [2.75, 3.05) is 10.6 Å². The Morgan fingerprint density at radius 1 is 1.17 bits per heavy atom. The van der Waals surface area contributed by atoms with Crippen LogP contribution in [0.3, 0.4) is 0 Å². The predicted octanol–water partition coefficient (Wildman–Crippen LogP) is 3.63. The number of aryl methyl sites for hydroxylation is 2.